The molecular weight excluding hydrogens is 272 g/mol. The molecule has 0 amide bonds. The van der Waals surface area contributed by atoms with E-state index in [1.54, 1.807) is 18.2 Å². The van der Waals surface area contributed by atoms with Crippen LogP contribution in [-0.4, -0.2) is 19.2 Å². The first-order chi connectivity index (χ1) is 7.69. The molecule has 0 unspecified atom stereocenters. The van der Waals surface area contributed by atoms with E-state index in [9.17, 15) is 4.79 Å². The normalized spacial score (nSPS) is 9.94. The highest BCUT2D eigenvalue weighted by atomic mass is 79.9. The Bertz CT molecular complexity index is 363. The average Bonchev–Trinajstić information content (AvgIpc) is 2.29. The maximum atomic E-state index is 11.5. The number of carbonyl (C=O) groups is 1. The van der Waals surface area contributed by atoms with Crippen LogP contribution in [0.3, 0.4) is 0 Å². The molecule has 0 saturated carbocycles. The third-order valence-corrected chi connectivity index (χ3v) is 2.52. The summed E-state index contributed by atoms with van der Waals surface area (Å²) in [6, 6.07) is 5.17. The fraction of sp³-hybridized carbons (Fsp3) is 0.417. The molecule has 0 aliphatic carbocycles. The van der Waals surface area contributed by atoms with E-state index >= 15 is 0 Å². The van der Waals surface area contributed by atoms with Gasteiger partial charge in [0.1, 0.15) is 5.75 Å². The van der Waals surface area contributed by atoms with Gasteiger partial charge < -0.3 is 9.47 Å². The minimum absolute atomic E-state index is 0.300. The minimum Gasteiger partial charge on any atom is -0.493 e. The molecular formula is C12H15BrO3. The van der Waals surface area contributed by atoms with E-state index in [1.807, 2.05) is 13.8 Å². The van der Waals surface area contributed by atoms with Gasteiger partial charge in [0, 0.05) is 0 Å². The number of carbonyl (C=O) groups excluding carboxylic acids is 1. The summed E-state index contributed by atoms with van der Waals surface area (Å²) in [5.41, 5.74) is 0.531. The number of ether oxygens (including phenoxy) is 2. The topological polar surface area (TPSA) is 35.5 Å². The fourth-order valence-electron chi connectivity index (χ4n) is 1.18. The molecule has 0 heterocycles. The summed E-state index contributed by atoms with van der Waals surface area (Å²) in [5, 5.41) is 0. The van der Waals surface area contributed by atoms with Crippen molar-refractivity contribution in [3.63, 3.8) is 0 Å². The van der Waals surface area contributed by atoms with Gasteiger partial charge in [-0.25, -0.2) is 4.79 Å². The second-order valence-corrected chi connectivity index (χ2v) is 4.07. The van der Waals surface area contributed by atoms with Crippen LogP contribution >= 0.6 is 15.9 Å². The van der Waals surface area contributed by atoms with Crippen LogP contribution in [0.25, 0.3) is 0 Å². The number of rotatable bonds is 5. The Morgan fingerprint density at radius 3 is 2.69 bits per heavy atom. The summed E-state index contributed by atoms with van der Waals surface area (Å²) in [6.07, 6.45) is 0.823. The Hall–Kier alpha value is -1.03. The van der Waals surface area contributed by atoms with Crippen LogP contribution in [0.15, 0.2) is 22.7 Å². The van der Waals surface area contributed by atoms with Crippen molar-refractivity contribution in [1.82, 2.24) is 0 Å². The molecule has 1 aromatic carbocycles. The second kappa shape index (κ2) is 6.53. The number of hydrogen-bond acceptors (Lipinski definition) is 3. The van der Waals surface area contributed by atoms with E-state index in [2.05, 4.69) is 15.9 Å². The molecule has 0 aliphatic heterocycles. The molecule has 88 valence electrons. The highest BCUT2D eigenvalue weighted by Crippen LogP contribution is 2.26. The van der Waals surface area contributed by atoms with Crippen LogP contribution < -0.4 is 4.74 Å². The summed E-state index contributed by atoms with van der Waals surface area (Å²) in [4.78, 5) is 11.5. The first-order valence-electron chi connectivity index (χ1n) is 5.28. The van der Waals surface area contributed by atoms with Gasteiger partial charge in [-0.15, -0.1) is 0 Å². The third-order valence-electron chi connectivity index (χ3n) is 1.90. The monoisotopic (exact) mass is 286 g/mol. The zero-order chi connectivity index (χ0) is 12.0. The number of halogens is 1. The molecule has 0 N–H and O–H groups in total. The van der Waals surface area contributed by atoms with Crippen molar-refractivity contribution in [2.24, 2.45) is 0 Å². The molecule has 0 aliphatic rings. The van der Waals surface area contributed by atoms with Crippen molar-refractivity contribution in [3.05, 3.63) is 28.2 Å². The molecule has 0 radical (unpaired) electrons. The van der Waals surface area contributed by atoms with Gasteiger partial charge in [-0.1, -0.05) is 6.92 Å². The van der Waals surface area contributed by atoms with Crippen molar-refractivity contribution in [3.8, 4) is 5.75 Å². The van der Waals surface area contributed by atoms with Crippen molar-refractivity contribution in [1.29, 1.82) is 0 Å². The molecule has 4 heteroatoms. The SMILES string of the molecule is CCCOC(=O)c1ccc(OCC)c(Br)c1. The highest BCUT2D eigenvalue weighted by molar-refractivity contribution is 9.10. The Morgan fingerprint density at radius 1 is 1.38 bits per heavy atom. The molecule has 0 spiro atoms. The molecule has 0 aromatic heterocycles. The molecule has 1 rings (SSSR count). The lowest BCUT2D eigenvalue weighted by Crippen LogP contribution is -2.06. The van der Waals surface area contributed by atoms with E-state index in [0.717, 1.165) is 16.6 Å². The number of benzene rings is 1. The van der Waals surface area contributed by atoms with Crippen molar-refractivity contribution in [2.45, 2.75) is 20.3 Å². The Balaban J connectivity index is 2.76. The predicted octanol–water partition coefficient (Wildman–Crippen LogP) is 3.41. The van der Waals surface area contributed by atoms with Crippen molar-refractivity contribution >= 4 is 21.9 Å². The van der Waals surface area contributed by atoms with Gasteiger partial charge in [0.05, 0.1) is 23.2 Å². The van der Waals surface area contributed by atoms with E-state index < -0.39 is 0 Å². The summed E-state index contributed by atoms with van der Waals surface area (Å²) in [6.45, 7) is 4.92. The smallest absolute Gasteiger partial charge is 0.338 e. The molecule has 0 bridgehead atoms. The van der Waals surface area contributed by atoms with Crippen LogP contribution in [0.5, 0.6) is 5.75 Å². The van der Waals surface area contributed by atoms with Crippen LogP contribution in [0.2, 0.25) is 0 Å². The third kappa shape index (κ3) is 3.52. The second-order valence-electron chi connectivity index (χ2n) is 3.21. The summed E-state index contributed by atoms with van der Waals surface area (Å²) < 4.78 is 11.1. The van der Waals surface area contributed by atoms with Crippen LogP contribution in [0, 0.1) is 0 Å². The predicted molar refractivity (Wildman–Crippen MR) is 65.9 cm³/mol. The molecule has 16 heavy (non-hydrogen) atoms. The minimum atomic E-state index is -0.300. The summed E-state index contributed by atoms with van der Waals surface area (Å²) >= 11 is 3.35. The Morgan fingerprint density at radius 2 is 2.12 bits per heavy atom. The Kier molecular flexibility index (Phi) is 5.32. The van der Waals surface area contributed by atoms with Gasteiger partial charge in [-0.05, 0) is 47.5 Å². The first-order valence-corrected chi connectivity index (χ1v) is 6.07. The van der Waals surface area contributed by atoms with Crippen molar-refractivity contribution < 1.29 is 14.3 Å². The zero-order valence-electron chi connectivity index (χ0n) is 9.46. The largest absolute Gasteiger partial charge is 0.493 e. The maximum Gasteiger partial charge on any atom is 0.338 e. The quantitative estimate of drug-likeness (QED) is 0.778. The number of hydrogen-bond donors (Lipinski definition) is 0. The van der Waals surface area contributed by atoms with E-state index in [1.165, 1.54) is 0 Å². The fourth-order valence-corrected chi connectivity index (χ4v) is 1.67. The maximum absolute atomic E-state index is 11.5. The molecule has 0 saturated heterocycles. The lowest BCUT2D eigenvalue weighted by Gasteiger charge is -2.07. The highest BCUT2D eigenvalue weighted by Gasteiger charge is 2.09. The van der Waals surface area contributed by atoms with Crippen LogP contribution in [0.1, 0.15) is 30.6 Å². The van der Waals surface area contributed by atoms with E-state index in [0.29, 0.717) is 18.8 Å². The molecule has 3 nitrogen and oxygen atoms in total. The first kappa shape index (κ1) is 13.0. The van der Waals surface area contributed by atoms with Crippen molar-refractivity contribution in [2.75, 3.05) is 13.2 Å². The standard InChI is InChI=1S/C12H15BrO3/c1-3-7-16-12(14)9-5-6-11(15-4-2)10(13)8-9/h5-6,8H,3-4,7H2,1-2H3. The molecule has 1 aromatic rings. The van der Waals surface area contributed by atoms with Gasteiger partial charge in [0.25, 0.3) is 0 Å². The van der Waals surface area contributed by atoms with Crippen LogP contribution in [-0.2, 0) is 4.74 Å². The lowest BCUT2D eigenvalue weighted by atomic mass is 10.2. The van der Waals surface area contributed by atoms with Gasteiger partial charge >= 0.3 is 5.97 Å². The van der Waals surface area contributed by atoms with Gasteiger partial charge in [-0.2, -0.15) is 0 Å². The Labute approximate surface area is 104 Å². The van der Waals surface area contributed by atoms with Crippen LogP contribution in [0.4, 0.5) is 0 Å². The molecule has 0 atom stereocenters. The average molecular weight is 287 g/mol. The summed E-state index contributed by atoms with van der Waals surface area (Å²) in [5.74, 6) is 0.431. The van der Waals surface area contributed by atoms with Gasteiger partial charge in [-0.3, -0.25) is 0 Å². The van der Waals surface area contributed by atoms with Gasteiger partial charge in [0.2, 0.25) is 0 Å². The molecule has 0 fully saturated rings. The zero-order valence-corrected chi connectivity index (χ0v) is 11.0. The summed E-state index contributed by atoms with van der Waals surface area (Å²) in [7, 11) is 0. The lowest BCUT2D eigenvalue weighted by molar-refractivity contribution is 0.0505. The van der Waals surface area contributed by atoms with E-state index in [4.69, 9.17) is 9.47 Å². The van der Waals surface area contributed by atoms with Gasteiger partial charge in [0.15, 0.2) is 0 Å². The van der Waals surface area contributed by atoms with E-state index in [-0.39, 0.29) is 5.97 Å². The number of esters is 1.